The lowest BCUT2D eigenvalue weighted by Gasteiger charge is -2.36. The molecule has 2 aromatic rings. The topological polar surface area (TPSA) is 107 Å². The Bertz CT molecular complexity index is 1320. The Kier molecular flexibility index (Phi) is 8.81. The van der Waals surface area contributed by atoms with Gasteiger partial charge in [-0.3, -0.25) is 4.79 Å². The highest BCUT2D eigenvalue weighted by molar-refractivity contribution is 7.88. The fraction of sp³-hybridized carbons (Fsp3) is 0.350. The van der Waals surface area contributed by atoms with Crippen LogP contribution < -0.4 is 8.37 Å². The first-order valence-electron chi connectivity index (χ1n) is 10.1. The van der Waals surface area contributed by atoms with Gasteiger partial charge in [-0.15, -0.1) is 0 Å². The minimum absolute atomic E-state index is 0.0647. The normalized spacial score (nSPS) is 14.8. The predicted octanol–water partition coefficient (Wildman–Crippen LogP) is 5.36. The van der Waals surface area contributed by atoms with Gasteiger partial charge in [0.25, 0.3) is 0 Å². The maximum absolute atomic E-state index is 13.6. The number of alkyl halides is 9. The van der Waals surface area contributed by atoms with Crippen LogP contribution in [0.25, 0.3) is 0 Å². The third-order valence-electron chi connectivity index (χ3n) is 5.02. The average Bonchev–Trinajstić information content (AvgIpc) is 2.77. The molecule has 0 aliphatic carbocycles. The number of carbonyl (C=O) groups is 1. The van der Waals surface area contributed by atoms with E-state index >= 15 is 0 Å². The third kappa shape index (κ3) is 7.06. The van der Waals surface area contributed by atoms with Gasteiger partial charge < -0.3 is 13.3 Å². The number of benzene rings is 2. The van der Waals surface area contributed by atoms with Crippen molar-refractivity contribution in [2.24, 2.45) is 0 Å². The summed E-state index contributed by atoms with van der Waals surface area (Å²) in [4.78, 5) is 12.4. The Labute approximate surface area is 215 Å². The van der Waals surface area contributed by atoms with Crippen molar-refractivity contribution in [1.82, 2.24) is 4.90 Å². The highest BCUT2D eigenvalue weighted by atomic mass is 32.2. The molecule has 0 radical (unpaired) electrons. The first kappa shape index (κ1) is 32.0. The Balaban J connectivity index is 2.68. The van der Waals surface area contributed by atoms with Gasteiger partial charge in [-0.05, 0) is 26.0 Å². The zero-order valence-corrected chi connectivity index (χ0v) is 20.9. The summed E-state index contributed by atoms with van der Waals surface area (Å²) < 4.78 is 172. The summed E-state index contributed by atoms with van der Waals surface area (Å²) in [6, 6.07) is 3.15. The largest absolute Gasteiger partial charge is 0.534 e. The van der Waals surface area contributed by atoms with Gasteiger partial charge in [-0.2, -0.15) is 56.3 Å². The number of carbonyl (C=O) groups excluding carboxylic acids is 1. The lowest BCUT2D eigenvalue weighted by Crippen LogP contribution is -2.44. The van der Waals surface area contributed by atoms with Crippen LogP contribution in [-0.4, -0.2) is 44.8 Å². The van der Waals surface area contributed by atoms with Gasteiger partial charge in [0.15, 0.2) is 0 Å². The number of rotatable bonds is 8. The van der Waals surface area contributed by atoms with Gasteiger partial charge in [0, 0.05) is 11.1 Å². The Morgan fingerprint density at radius 1 is 0.667 bits per heavy atom. The minimum atomic E-state index is -6.31. The molecule has 0 unspecified atom stereocenters. The fourth-order valence-electron chi connectivity index (χ4n) is 3.27. The molecule has 19 heteroatoms. The van der Waals surface area contributed by atoms with Crippen LogP contribution in [-0.2, 0) is 25.0 Å². The molecule has 0 fully saturated rings. The maximum Gasteiger partial charge on any atom is 0.534 e. The Hall–Kier alpha value is -3.22. The van der Waals surface area contributed by atoms with Crippen molar-refractivity contribution in [3.63, 3.8) is 0 Å². The highest BCUT2D eigenvalue weighted by Gasteiger charge is 2.51. The summed E-state index contributed by atoms with van der Waals surface area (Å²) in [5, 5.41) is 0. The number of para-hydroxylation sites is 2. The molecule has 0 N–H and O–H groups in total. The van der Waals surface area contributed by atoms with Crippen LogP contribution in [0.15, 0.2) is 48.5 Å². The van der Waals surface area contributed by atoms with Crippen LogP contribution in [0.4, 0.5) is 39.5 Å². The lowest BCUT2D eigenvalue weighted by atomic mass is 9.99. The van der Waals surface area contributed by atoms with Crippen molar-refractivity contribution < 1.29 is 69.5 Å². The molecular weight excluding hydrogens is 601 g/mol. The molecule has 0 heterocycles. The number of amides is 1. The van der Waals surface area contributed by atoms with E-state index in [1.807, 2.05) is 0 Å². The summed E-state index contributed by atoms with van der Waals surface area (Å²) in [5.41, 5.74) is -13.2. The van der Waals surface area contributed by atoms with Crippen LogP contribution in [0.1, 0.15) is 37.1 Å². The monoisotopic (exact) mass is 617 g/mol. The first-order valence-corrected chi connectivity index (χ1v) is 12.9. The van der Waals surface area contributed by atoms with Crippen LogP contribution in [0.2, 0.25) is 0 Å². The van der Waals surface area contributed by atoms with Crippen molar-refractivity contribution >= 4 is 26.1 Å². The molecular formula is C20H16F9NO7S2. The molecule has 0 saturated heterocycles. The van der Waals surface area contributed by atoms with E-state index in [2.05, 4.69) is 8.37 Å². The van der Waals surface area contributed by atoms with E-state index < -0.39 is 78.0 Å². The van der Waals surface area contributed by atoms with E-state index in [0.717, 1.165) is 50.2 Å². The van der Waals surface area contributed by atoms with Gasteiger partial charge in [0.1, 0.15) is 11.5 Å². The van der Waals surface area contributed by atoms with Crippen LogP contribution in [0.3, 0.4) is 0 Å². The fourth-order valence-corrected chi connectivity index (χ4v) is 4.23. The molecule has 0 spiro atoms. The Morgan fingerprint density at radius 3 is 1.26 bits per heavy atom. The lowest BCUT2D eigenvalue weighted by molar-refractivity contribution is -0.190. The van der Waals surface area contributed by atoms with Gasteiger partial charge in [0.05, 0.1) is 12.1 Å². The first-order chi connectivity index (χ1) is 17.5. The van der Waals surface area contributed by atoms with Gasteiger partial charge in [0.2, 0.25) is 0 Å². The summed E-state index contributed by atoms with van der Waals surface area (Å²) in [6.45, 7) is 1.66. The van der Waals surface area contributed by atoms with E-state index in [1.54, 1.807) is 0 Å². The zero-order valence-electron chi connectivity index (χ0n) is 19.3. The van der Waals surface area contributed by atoms with E-state index in [-0.39, 0.29) is 4.90 Å². The van der Waals surface area contributed by atoms with Crippen molar-refractivity contribution in [1.29, 1.82) is 0 Å². The smallest absolute Gasteiger partial charge is 0.376 e. The van der Waals surface area contributed by atoms with E-state index in [1.165, 1.54) is 0 Å². The van der Waals surface area contributed by atoms with Crippen molar-refractivity contribution in [3.8, 4) is 11.5 Å². The van der Waals surface area contributed by atoms with Gasteiger partial charge in [-0.25, -0.2) is 0 Å². The molecule has 0 aromatic heterocycles. The molecule has 1 amide bonds. The second kappa shape index (κ2) is 10.7. The summed E-state index contributed by atoms with van der Waals surface area (Å²) in [5.74, 6) is -4.89. The summed E-state index contributed by atoms with van der Waals surface area (Å²) in [6.07, 6.45) is -5.66. The highest BCUT2D eigenvalue weighted by Crippen LogP contribution is 2.41. The number of hydrogen-bond donors (Lipinski definition) is 0. The van der Waals surface area contributed by atoms with Crippen LogP contribution >= 0.6 is 0 Å². The SMILES string of the molecule is C[C@H](c1ccccc1OS(=O)(=O)C(F)(F)F)N(C(=O)C(F)(F)F)[C@H](C)c1ccccc1OS(=O)(=O)C(F)(F)F. The quantitative estimate of drug-likeness (QED) is 0.223. The molecule has 0 bridgehead atoms. The maximum atomic E-state index is 13.6. The number of hydrogen-bond acceptors (Lipinski definition) is 7. The summed E-state index contributed by atoms with van der Waals surface area (Å²) >= 11 is 0. The molecule has 218 valence electrons. The van der Waals surface area contributed by atoms with Gasteiger partial charge >= 0.3 is 43.3 Å². The van der Waals surface area contributed by atoms with Gasteiger partial charge in [-0.1, -0.05) is 36.4 Å². The second-order valence-corrected chi connectivity index (χ2v) is 10.7. The molecule has 2 rings (SSSR count). The molecule has 0 saturated carbocycles. The van der Waals surface area contributed by atoms with Crippen molar-refractivity contribution in [2.45, 2.75) is 43.1 Å². The van der Waals surface area contributed by atoms with E-state index in [9.17, 15) is 61.1 Å². The second-order valence-electron chi connectivity index (χ2n) is 7.60. The Morgan fingerprint density at radius 2 is 0.974 bits per heavy atom. The van der Waals surface area contributed by atoms with Crippen LogP contribution in [0.5, 0.6) is 11.5 Å². The average molecular weight is 617 g/mol. The number of nitrogens with zero attached hydrogens (tertiary/aromatic N) is 1. The molecule has 2 aromatic carbocycles. The van der Waals surface area contributed by atoms with E-state index in [0.29, 0.717) is 12.1 Å². The zero-order chi connectivity index (χ0) is 30.2. The standard InChI is InChI=1S/C20H16F9NO7S2/c1-11(13-7-3-5-9-15(13)36-38(32,33)19(24,25)26)30(17(31)18(21,22)23)12(2)14-8-4-6-10-16(14)37-39(34,35)20(27,28)29/h3-12H,1-2H3/t11-,12-/m1/s1. The van der Waals surface area contributed by atoms with E-state index in [4.69, 9.17) is 0 Å². The van der Waals surface area contributed by atoms with Crippen molar-refractivity contribution in [2.75, 3.05) is 0 Å². The molecule has 39 heavy (non-hydrogen) atoms. The van der Waals surface area contributed by atoms with Crippen molar-refractivity contribution in [3.05, 3.63) is 59.7 Å². The molecule has 8 nitrogen and oxygen atoms in total. The third-order valence-corrected chi connectivity index (χ3v) is 6.95. The molecule has 0 aliphatic heterocycles. The summed E-state index contributed by atoms with van der Waals surface area (Å²) in [7, 11) is -12.6. The predicted molar refractivity (Wildman–Crippen MR) is 114 cm³/mol. The molecule has 0 aliphatic rings. The van der Waals surface area contributed by atoms with Crippen LogP contribution in [0, 0.1) is 0 Å². The minimum Gasteiger partial charge on any atom is -0.376 e. The molecule has 2 atom stereocenters. The number of halogens is 9.